The van der Waals surface area contributed by atoms with Crippen molar-refractivity contribution in [1.82, 2.24) is 0 Å². The quantitative estimate of drug-likeness (QED) is 0.377. The van der Waals surface area contributed by atoms with Gasteiger partial charge in [0.25, 0.3) is 0 Å². The molecule has 24 heavy (non-hydrogen) atoms. The zero-order chi connectivity index (χ0) is 17.2. The number of ether oxygens (including phenoxy) is 2. The van der Waals surface area contributed by atoms with Crippen LogP contribution < -0.4 is 4.90 Å². The Bertz CT molecular complexity index is 433. The number of unbranched alkanes of at least 4 members (excludes halogenated alkanes) is 2. The number of anilines is 1. The lowest BCUT2D eigenvalue weighted by Gasteiger charge is -2.37. The van der Waals surface area contributed by atoms with E-state index in [1.165, 1.54) is 18.5 Å². The fraction of sp³-hybridized carbons (Fsp3) is 0.700. The van der Waals surface area contributed by atoms with Crippen LogP contribution in [0.25, 0.3) is 0 Å². The van der Waals surface area contributed by atoms with Gasteiger partial charge in [-0.05, 0) is 49.9 Å². The maximum absolute atomic E-state index is 6.08. The van der Waals surface area contributed by atoms with E-state index in [1.807, 2.05) is 0 Å². The summed E-state index contributed by atoms with van der Waals surface area (Å²) in [6, 6.07) is 8.62. The molecule has 3 nitrogen and oxygen atoms in total. The molecule has 136 valence electrons. The summed E-state index contributed by atoms with van der Waals surface area (Å²) in [5, 5.41) is 0. The van der Waals surface area contributed by atoms with Gasteiger partial charge in [-0.15, -0.1) is 0 Å². The van der Waals surface area contributed by atoms with Gasteiger partial charge in [0.1, 0.15) is 0 Å². The molecule has 0 bridgehead atoms. The van der Waals surface area contributed by atoms with E-state index in [1.54, 1.807) is 0 Å². The summed E-state index contributed by atoms with van der Waals surface area (Å²) in [6.45, 7) is 8.20. The van der Waals surface area contributed by atoms with Gasteiger partial charge in [0.15, 0.2) is 6.29 Å². The van der Waals surface area contributed by atoms with E-state index in [0.717, 1.165) is 56.5 Å². The van der Waals surface area contributed by atoms with Crippen molar-refractivity contribution >= 4 is 21.6 Å². The Morgan fingerprint density at radius 1 is 1.00 bits per heavy atom. The molecule has 0 aromatic heterocycles. The third kappa shape index (κ3) is 6.38. The van der Waals surface area contributed by atoms with Gasteiger partial charge in [0.05, 0.1) is 0 Å². The highest BCUT2D eigenvalue weighted by Gasteiger charge is 2.28. The standard InChI is InChI=1S/C20H32BrNO2/c1-3-5-15-23-20(24-16-6-4-2)17-11-13-22(14-12-17)19-9-7-18(21)8-10-19/h7-10,17,20H,3-6,11-16H2,1-2H3. The average molecular weight is 398 g/mol. The molecular weight excluding hydrogens is 366 g/mol. The smallest absolute Gasteiger partial charge is 0.160 e. The second-order valence-corrected chi connectivity index (χ2v) is 7.53. The van der Waals surface area contributed by atoms with Crippen LogP contribution >= 0.6 is 15.9 Å². The third-order valence-electron chi connectivity index (χ3n) is 4.68. The van der Waals surface area contributed by atoms with E-state index in [4.69, 9.17) is 9.47 Å². The van der Waals surface area contributed by atoms with Gasteiger partial charge in [0.2, 0.25) is 0 Å². The van der Waals surface area contributed by atoms with Crippen LogP contribution in [0.5, 0.6) is 0 Å². The van der Waals surface area contributed by atoms with Crippen LogP contribution in [0.2, 0.25) is 0 Å². The molecule has 1 saturated heterocycles. The second kappa shape index (κ2) is 11.1. The van der Waals surface area contributed by atoms with Crippen LogP contribution in [0.4, 0.5) is 5.69 Å². The van der Waals surface area contributed by atoms with Crippen molar-refractivity contribution in [3.05, 3.63) is 28.7 Å². The minimum atomic E-state index is -0.0184. The van der Waals surface area contributed by atoms with Gasteiger partial charge in [-0.1, -0.05) is 42.6 Å². The predicted molar refractivity (Wildman–Crippen MR) is 105 cm³/mol. The molecule has 4 heteroatoms. The third-order valence-corrected chi connectivity index (χ3v) is 5.20. The molecule has 0 radical (unpaired) electrons. The Kier molecular flexibility index (Phi) is 9.14. The zero-order valence-corrected chi connectivity index (χ0v) is 16.8. The molecule has 1 heterocycles. The van der Waals surface area contributed by atoms with E-state index in [-0.39, 0.29) is 6.29 Å². The molecule has 1 aromatic rings. The van der Waals surface area contributed by atoms with Crippen molar-refractivity contribution in [3.8, 4) is 0 Å². The molecule has 1 aromatic carbocycles. The summed E-state index contributed by atoms with van der Waals surface area (Å²) >= 11 is 3.51. The van der Waals surface area contributed by atoms with E-state index in [9.17, 15) is 0 Å². The van der Waals surface area contributed by atoms with Gasteiger partial charge >= 0.3 is 0 Å². The molecule has 0 aliphatic carbocycles. The van der Waals surface area contributed by atoms with Crippen LogP contribution in [0.1, 0.15) is 52.4 Å². The first kappa shape index (κ1) is 19.7. The molecular formula is C20H32BrNO2. The summed E-state index contributed by atoms with van der Waals surface area (Å²) in [7, 11) is 0. The van der Waals surface area contributed by atoms with Gasteiger partial charge in [-0.3, -0.25) is 0 Å². The number of hydrogen-bond acceptors (Lipinski definition) is 3. The first-order chi connectivity index (χ1) is 11.7. The molecule has 1 aliphatic heterocycles. The second-order valence-electron chi connectivity index (χ2n) is 6.62. The number of halogens is 1. The fourth-order valence-corrected chi connectivity index (χ4v) is 3.35. The highest BCUT2D eigenvalue weighted by molar-refractivity contribution is 9.10. The minimum absolute atomic E-state index is 0.0184. The van der Waals surface area contributed by atoms with Crippen molar-refractivity contribution < 1.29 is 9.47 Å². The minimum Gasteiger partial charge on any atom is -0.372 e. The summed E-state index contributed by atoms with van der Waals surface area (Å²) < 4.78 is 13.3. The van der Waals surface area contributed by atoms with E-state index >= 15 is 0 Å². The lowest BCUT2D eigenvalue weighted by atomic mass is 9.95. The highest BCUT2D eigenvalue weighted by Crippen LogP contribution is 2.28. The van der Waals surface area contributed by atoms with Crippen molar-refractivity contribution in [2.75, 3.05) is 31.2 Å². The number of hydrogen-bond donors (Lipinski definition) is 0. The lowest BCUT2D eigenvalue weighted by molar-refractivity contribution is -0.177. The molecule has 0 atom stereocenters. The summed E-state index contributed by atoms with van der Waals surface area (Å²) in [5.41, 5.74) is 1.31. The highest BCUT2D eigenvalue weighted by atomic mass is 79.9. The molecule has 1 fully saturated rings. The van der Waals surface area contributed by atoms with E-state index < -0.39 is 0 Å². The Labute approximate surface area is 155 Å². The molecule has 1 aliphatic rings. The maximum atomic E-state index is 6.08. The topological polar surface area (TPSA) is 21.7 Å². The maximum Gasteiger partial charge on any atom is 0.160 e. The Hall–Kier alpha value is -0.580. The average Bonchev–Trinajstić information content (AvgIpc) is 2.62. The Balaban J connectivity index is 1.84. The molecule has 0 saturated carbocycles. The summed E-state index contributed by atoms with van der Waals surface area (Å²) in [6.07, 6.45) is 6.83. The fourth-order valence-electron chi connectivity index (χ4n) is 3.09. The Morgan fingerprint density at radius 3 is 2.04 bits per heavy atom. The van der Waals surface area contributed by atoms with Crippen LogP contribution in [-0.2, 0) is 9.47 Å². The number of benzene rings is 1. The summed E-state index contributed by atoms with van der Waals surface area (Å²) in [4.78, 5) is 2.47. The zero-order valence-electron chi connectivity index (χ0n) is 15.2. The van der Waals surface area contributed by atoms with Crippen molar-refractivity contribution in [1.29, 1.82) is 0 Å². The van der Waals surface area contributed by atoms with Gasteiger partial charge < -0.3 is 14.4 Å². The molecule has 0 amide bonds. The molecule has 0 N–H and O–H groups in total. The van der Waals surface area contributed by atoms with Crippen molar-refractivity contribution in [2.45, 2.75) is 58.7 Å². The largest absolute Gasteiger partial charge is 0.372 e. The number of nitrogens with zero attached hydrogens (tertiary/aromatic N) is 1. The first-order valence-electron chi connectivity index (χ1n) is 9.48. The van der Waals surface area contributed by atoms with Gasteiger partial charge in [-0.25, -0.2) is 0 Å². The predicted octanol–water partition coefficient (Wildman–Crippen LogP) is 5.63. The van der Waals surface area contributed by atoms with Crippen LogP contribution in [0.3, 0.4) is 0 Å². The summed E-state index contributed by atoms with van der Waals surface area (Å²) in [5.74, 6) is 0.519. The van der Waals surface area contributed by atoms with Gasteiger partial charge in [0, 0.05) is 42.4 Å². The number of rotatable bonds is 10. The first-order valence-corrected chi connectivity index (χ1v) is 10.3. The van der Waals surface area contributed by atoms with E-state index in [2.05, 4.69) is 58.9 Å². The lowest BCUT2D eigenvalue weighted by Crippen LogP contribution is -2.40. The molecule has 0 unspecified atom stereocenters. The Morgan fingerprint density at radius 2 is 1.54 bits per heavy atom. The van der Waals surface area contributed by atoms with Crippen LogP contribution in [-0.4, -0.2) is 32.6 Å². The normalized spacial score (nSPS) is 16.1. The van der Waals surface area contributed by atoms with Gasteiger partial charge in [-0.2, -0.15) is 0 Å². The molecule has 0 spiro atoms. The SMILES string of the molecule is CCCCOC(OCCCC)C1CCN(c2ccc(Br)cc2)CC1. The van der Waals surface area contributed by atoms with E-state index in [0.29, 0.717) is 5.92 Å². The monoisotopic (exact) mass is 397 g/mol. The van der Waals surface area contributed by atoms with Crippen molar-refractivity contribution in [3.63, 3.8) is 0 Å². The van der Waals surface area contributed by atoms with Crippen LogP contribution in [0, 0.1) is 5.92 Å². The number of piperidine rings is 1. The molecule has 2 rings (SSSR count). The van der Waals surface area contributed by atoms with Crippen LogP contribution in [0.15, 0.2) is 28.7 Å². The van der Waals surface area contributed by atoms with Crippen molar-refractivity contribution in [2.24, 2.45) is 5.92 Å².